The predicted octanol–water partition coefficient (Wildman–Crippen LogP) is 3.63. The van der Waals surface area contributed by atoms with Crippen LogP contribution < -0.4 is 5.32 Å². The van der Waals surface area contributed by atoms with Crippen LogP contribution in [0.15, 0.2) is 48.5 Å². The minimum atomic E-state index is -0.573. The van der Waals surface area contributed by atoms with Gasteiger partial charge in [0.1, 0.15) is 6.04 Å². The highest BCUT2D eigenvalue weighted by atomic mass is 16.5. The van der Waals surface area contributed by atoms with Crippen LogP contribution in [0.3, 0.4) is 0 Å². The molecule has 0 bridgehead atoms. The number of fused-ring (bicyclic) bond motifs is 1. The summed E-state index contributed by atoms with van der Waals surface area (Å²) in [6.07, 6.45) is 1.32. The minimum absolute atomic E-state index is 0.121. The molecule has 0 saturated heterocycles. The Morgan fingerprint density at radius 1 is 1.14 bits per heavy atom. The number of carbonyl (C=O) groups is 3. The molecule has 1 atom stereocenters. The second-order valence-corrected chi connectivity index (χ2v) is 6.69. The lowest BCUT2D eigenvalue weighted by Crippen LogP contribution is -2.44. The molecule has 0 aromatic heterocycles. The quantitative estimate of drug-likeness (QED) is 0.745. The van der Waals surface area contributed by atoms with Gasteiger partial charge in [0.05, 0.1) is 12.2 Å². The van der Waals surface area contributed by atoms with Crippen LogP contribution in [0.2, 0.25) is 0 Å². The molecule has 2 aromatic carbocycles. The maximum absolute atomic E-state index is 13.0. The molecular weight excluding hydrogens is 356 g/mol. The standard InChI is InChI=1S/C22H24N2O4/c1-3-8-19(24-14-16-9-5-6-12-18(16)21(24)26)20(25)23-17-11-7-10-15(13-17)22(27)28-4-2/h5-7,9-13,19H,3-4,8,14H2,1-2H3,(H,23,25)/t19-/m0/s1. The van der Waals surface area contributed by atoms with Crippen molar-refractivity contribution in [1.82, 2.24) is 4.90 Å². The molecule has 0 fully saturated rings. The van der Waals surface area contributed by atoms with Crippen molar-refractivity contribution in [2.45, 2.75) is 39.3 Å². The Hall–Kier alpha value is -3.15. The van der Waals surface area contributed by atoms with Crippen molar-refractivity contribution in [2.24, 2.45) is 0 Å². The van der Waals surface area contributed by atoms with Gasteiger partial charge in [-0.25, -0.2) is 4.79 Å². The number of hydrogen-bond donors (Lipinski definition) is 1. The van der Waals surface area contributed by atoms with Crippen LogP contribution in [0, 0.1) is 0 Å². The highest BCUT2D eigenvalue weighted by molar-refractivity contribution is 6.03. The highest BCUT2D eigenvalue weighted by Crippen LogP contribution is 2.26. The lowest BCUT2D eigenvalue weighted by atomic mass is 10.1. The lowest BCUT2D eigenvalue weighted by molar-refractivity contribution is -0.120. The fourth-order valence-corrected chi connectivity index (χ4v) is 3.39. The van der Waals surface area contributed by atoms with E-state index in [4.69, 9.17) is 4.74 Å². The van der Waals surface area contributed by atoms with Gasteiger partial charge in [0.15, 0.2) is 0 Å². The van der Waals surface area contributed by atoms with Crippen molar-refractivity contribution in [1.29, 1.82) is 0 Å². The summed E-state index contributed by atoms with van der Waals surface area (Å²) in [6.45, 7) is 4.43. The van der Waals surface area contributed by atoms with Gasteiger partial charge in [0, 0.05) is 17.8 Å². The van der Waals surface area contributed by atoms with Crippen molar-refractivity contribution in [3.8, 4) is 0 Å². The van der Waals surface area contributed by atoms with Crippen molar-refractivity contribution < 1.29 is 19.1 Å². The van der Waals surface area contributed by atoms with E-state index < -0.39 is 12.0 Å². The maximum Gasteiger partial charge on any atom is 0.338 e. The average Bonchev–Trinajstić information content (AvgIpc) is 3.03. The third kappa shape index (κ3) is 4.06. The molecule has 1 aliphatic heterocycles. The fourth-order valence-electron chi connectivity index (χ4n) is 3.39. The summed E-state index contributed by atoms with van der Waals surface area (Å²) in [6, 6.07) is 13.5. The molecule has 1 aliphatic rings. The number of ether oxygens (including phenoxy) is 1. The van der Waals surface area contributed by atoms with Gasteiger partial charge >= 0.3 is 5.97 Å². The molecule has 3 rings (SSSR count). The summed E-state index contributed by atoms with van der Waals surface area (Å²) in [4.78, 5) is 39.3. The zero-order chi connectivity index (χ0) is 20.1. The number of nitrogens with one attached hydrogen (secondary N) is 1. The number of hydrogen-bond acceptors (Lipinski definition) is 4. The van der Waals surface area contributed by atoms with Crippen LogP contribution in [0.25, 0.3) is 0 Å². The van der Waals surface area contributed by atoms with E-state index in [1.165, 1.54) is 0 Å². The number of benzene rings is 2. The molecule has 28 heavy (non-hydrogen) atoms. The summed E-state index contributed by atoms with van der Waals surface area (Å²) in [5.74, 6) is -0.817. The molecular formula is C22H24N2O4. The first-order valence-corrected chi connectivity index (χ1v) is 9.52. The molecule has 2 aromatic rings. The number of anilines is 1. The summed E-state index contributed by atoms with van der Waals surface area (Å²) in [5, 5.41) is 2.85. The van der Waals surface area contributed by atoms with E-state index in [1.807, 2.05) is 25.1 Å². The summed E-state index contributed by atoms with van der Waals surface area (Å²) >= 11 is 0. The third-order valence-corrected chi connectivity index (χ3v) is 4.73. The Kier molecular flexibility index (Phi) is 6.09. The fraction of sp³-hybridized carbons (Fsp3) is 0.318. The van der Waals surface area contributed by atoms with Gasteiger partial charge < -0.3 is 15.0 Å². The van der Waals surface area contributed by atoms with Crippen molar-refractivity contribution in [3.05, 3.63) is 65.2 Å². The van der Waals surface area contributed by atoms with Crippen LogP contribution in [0.4, 0.5) is 5.69 Å². The van der Waals surface area contributed by atoms with E-state index in [2.05, 4.69) is 5.32 Å². The van der Waals surface area contributed by atoms with E-state index in [0.717, 1.165) is 12.0 Å². The van der Waals surface area contributed by atoms with Crippen LogP contribution in [0.5, 0.6) is 0 Å². The molecule has 6 heteroatoms. The lowest BCUT2D eigenvalue weighted by Gasteiger charge is -2.26. The normalized spacial score (nSPS) is 13.8. The van der Waals surface area contributed by atoms with Crippen LogP contribution >= 0.6 is 0 Å². The minimum Gasteiger partial charge on any atom is -0.462 e. The topological polar surface area (TPSA) is 75.7 Å². The number of rotatable bonds is 7. The first kappa shape index (κ1) is 19.6. The molecule has 1 heterocycles. The van der Waals surface area contributed by atoms with Crippen LogP contribution in [-0.2, 0) is 16.1 Å². The van der Waals surface area contributed by atoms with Gasteiger partial charge in [-0.1, -0.05) is 37.6 Å². The van der Waals surface area contributed by atoms with Gasteiger partial charge in [-0.3, -0.25) is 9.59 Å². The van der Waals surface area contributed by atoms with E-state index in [1.54, 1.807) is 42.2 Å². The molecule has 146 valence electrons. The van der Waals surface area contributed by atoms with E-state index >= 15 is 0 Å². The Morgan fingerprint density at radius 2 is 1.93 bits per heavy atom. The monoisotopic (exact) mass is 380 g/mol. The SMILES string of the molecule is CCC[C@@H](C(=O)Nc1cccc(C(=O)OCC)c1)N1Cc2ccccc2C1=O. The highest BCUT2D eigenvalue weighted by Gasteiger charge is 2.35. The molecule has 0 saturated carbocycles. The number of carbonyl (C=O) groups excluding carboxylic acids is 3. The second-order valence-electron chi connectivity index (χ2n) is 6.69. The van der Waals surface area contributed by atoms with Crippen molar-refractivity contribution in [3.63, 3.8) is 0 Å². The van der Waals surface area contributed by atoms with Gasteiger partial charge in [0.2, 0.25) is 5.91 Å². The Balaban J connectivity index is 1.77. The van der Waals surface area contributed by atoms with Crippen LogP contribution in [0.1, 0.15) is 53.0 Å². The number of esters is 1. The third-order valence-electron chi connectivity index (χ3n) is 4.73. The van der Waals surface area contributed by atoms with E-state index in [-0.39, 0.29) is 18.4 Å². The van der Waals surface area contributed by atoms with Gasteiger partial charge in [0.25, 0.3) is 5.91 Å². The Morgan fingerprint density at radius 3 is 2.64 bits per heavy atom. The molecule has 1 N–H and O–H groups in total. The van der Waals surface area contributed by atoms with Crippen molar-refractivity contribution >= 4 is 23.5 Å². The summed E-state index contributed by atoms with van der Waals surface area (Å²) in [7, 11) is 0. The number of nitrogens with zero attached hydrogens (tertiary/aromatic N) is 1. The largest absolute Gasteiger partial charge is 0.462 e. The molecule has 0 radical (unpaired) electrons. The molecule has 0 aliphatic carbocycles. The first-order valence-electron chi connectivity index (χ1n) is 9.52. The van der Waals surface area contributed by atoms with E-state index in [9.17, 15) is 14.4 Å². The Bertz CT molecular complexity index is 894. The molecule has 0 unspecified atom stereocenters. The molecule has 0 spiro atoms. The van der Waals surface area contributed by atoms with Gasteiger partial charge in [-0.2, -0.15) is 0 Å². The Labute approximate surface area is 164 Å². The van der Waals surface area contributed by atoms with Crippen LogP contribution in [-0.4, -0.2) is 35.3 Å². The van der Waals surface area contributed by atoms with Crippen molar-refractivity contribution in [2.75, 3.05) is 11.9 Å². The zero-order valence-corrected chi connectivity index (χ0v) is 16.1. The molecule has 6 nitrogen and oxygen atoms in total. The number of amides is 2. The smallest absolute Gasteiger partial charge is 0.338 e. The first-order chi connectivity index (χ1) is 13.5. The maximum atomic E-state index is 13.0. The predicted molar refractivity (Wildman–Crippen MR) is 106 cm³/mol. The van der Waals surface area contributed by atoms with Gasteiger partial charge in [-0.05, 0) is 43.2 Å². The molecule has 2 amide bonds. The zero-order valence-electron chi connectivity index (χ0n) is 16.1. The van der Waals surface area contributed by atoms with Gasteiger partial charge in [-0.15, -0.1) is 0 Å². The summed E-state index contributed by atoms with van der Waals surface area (Å²) < 4.78 is 5.00. The average molecular weight is 380 g/mol. The summed E-state index contributed by atoms with van der Waals surface area (Å²) in [5.41, 5.74) is 2.46. The van der Waals surface area contributed by atoms with E-state index in [0.29, 0.717) is 29.8 Å². The second kappa shape index (κ2) is 8.69.